The average molecular weight is 1370 g/mol. The lowest BCUT2D eigenvalue weighted by Gasteiger charge is -2.18. The van der Waals surface area contributed by atoms with Gasteiger partial charge in [-0.05, 0) is 269 Å². The maximum Gasteiger partial charge on any atom is -0.00262 e. The van der Waals surface area contributed by atoms with Crippen LogP contribution in [0.3, 0.4) is 0 Å². The van der Waals surface area contributed by atoms with Crippen LogP contribution in [0.15, 0.2) is 425 Å². The molecule has 0 saturated heterocycles. The molecule has 0 amide bonds. The molecule has 0 spiro atoms. The van der Waals surface area contributed by atoms with Crippen molar-refractivity contribution in [2.45, 2.75) is 0 Å². The third-order valence-corrected chi connectivity index (χ3v) is 22.2. The molecule has 108 heavy (non-hydrogen) atoms. The highest BCUT2D eigenvalue weighted by Crippen LogP contribution is 2.48. The second kappa shape index (κ2) is 27.2. The molecule has 0 nitrogen and oxygen atoms in total. The van der Waals surface area contributed by atoms with Gasteiger partial charge in [0.05, 0.1) is 0 Å². The van der Waals surface area contributed by atoms with Gasteiger partial charge in [-0.15, -0.1) is 0 Å². The molecule has 0 aliphatic rings. The molecule has 21 aromatic rings. The van der Waals surface area contributed by atoms with E-state index in [1.807, 2.05) is 0 Å². The van der Waals surface area contributed by atoms with Crippen molar-refractivity contribution in [3.8, 4) is 111 Å². The second-order valence-corrected chi connectivity index (χ2v) is 28.6. The zero-order chi connectivity index (χ0) is 71.4. The van der Waals surface area contributed by atoms with Gasteiger partial charge >= 0.3 is 0 Å². The summed E-state index contributed by atoms with van der Waals surface area (Å²) < 4.78 is 0. The number of benzene rings is 21. The largest absolute Gasteiger partial charge is 0.0622 e. The summed E-state index contributed by atoms with van der Waals surface area (Å²) in [5.74, 6) is 0. The molecule has 0 aliphatic carbocycles. The Morgan fingerprint density at radius 3 is 0.565 bits per heavy atom. The van der Waals surface area contributed by atoms with Gasteiger partial charge in [0.15, 0.2) is 0 Å². The third-order valence-electron chi connectivity index (χ3n) is 22.2. The maximum atomic E-state index is 2.39. The van der Waals surface area contributed by atoms with Crippen molar-refractivity contribution in [3.63, 3.8) is 0 Å². The minimum Gasteiger partial charge on any atom is -0.0622 e. The van der Waals surface area contributed by atoms with Gasteiger partial charge in [0, 0.05) is 0 Å². The number of fused-ring (bicyclic) bond motifs is 9. The van der Waals surface area contributed by atoms with Gasteiger partial charge in [-0.2, -0.15) is 0 Å². The minimum atomic E-state index is 1.21. The number of hydrogen-bond acceptors (Lipinski definition) is 0. The van der Waals surface area contributed by atoms with Crippen LogP contribution in [0.5, 0.6) is 0 Å². The fraction of sp³-hybridized carbons (Fsp3) is 0. The van der Waals surface area contributed by atoms with E-state index in [1.165, 1.54) is 208 Å². The molecule has 0 unspecified atom stereocenters. The molecule has 21 rings (SSSR count). The Labute approximate surface area is 628 Å². The van der Waals surface area contributed by atoms with Crippen LogP contribution in [0.25, 0.3) is 208 Å². The maximum absolute atomic E-state index is 2.39. The van der Waals surface area contributed by atoms with Gasteiger partial charge in [0.1, 0.15) is 0 Å². The SMILES string of the molecule is c1ccc(-c2cc(-c3ccccc3)cc(-c3ccc4ccc(-c5c6ccccc6c(-c6ccc(-c7ccc8ccccc8c7)cc6)c6ccccc56)cc4c3)c2)cc1.c1ccc2cc(-c3ccc(-c4c5ccccc5c(-c5ccc6ccc(-c7ccc8ccccc8c7)cc6c5)c5ccccc45)cc3)ccc2c1. The van der Waals surface area contributed by atoms with Crippen molar-refractivity contribution in [2.75, 3.05) is 0 Å². The van der Waals surface area contributed by atoms with Crippen LogP contribution in [0, 0.1) is 0 Å². The topological polar surface area (TPSA) is 0 Å². The predicted molar refractivity (Wildman–Crippen MR) is 465 cm³/mol. The normalized spacial score (nSPS) is 11.5. The van der Waals surface area contributed by atoms with Crippen LogP contribution in [0.2, 0.25) is 0 Å². The van der Waals surface area contributed by atoms with Crippen LogP contribution >= 0.6 is 0 Å². The summed E-state index contributed by atoms with van der Waals surface area (Å²) in [6.07, 6.45) is 0. The predicted octanol–water partition coefficient (Wildman–Crippen LogP) is 30.4. The van der Waals surface area contributed by atoms with Crippen LogP contribution in [-0.4, -0.2) is 0 Å². The molecule has 0 bridgehead atoms. The molecule has 0 saturated carbocycles. The summed E-state index contributed by atoms with van der Waals surface area (Å²) in [5.41, 5.74) is 24.7. The Morgan fingerprint density at radius 2 is 0.259 bits per heavy atom. The van der Waals surface area contributed by atoms with Crippen LogP contribution in [0.4, 0.5) is 0 Å². The summed E-state index contributed by atoms with van der Waals surface area (Å²) in [7, 11) is 0. The van der Waals surface area contributed by atoms with E-state index in [9.17, 15) is 0 Å². The monoisotopic (exact) mass is 1370 g/mol. The quantitative estimate of drug-likeness (QED) is 0.120. The van der Waals surface area contributed by atoms with E-state index in [-0.39, 0.29) is 0 Å². The highest BCUT2D eigenvalue weighted by Gasteiger charge is 2.21. The molecule has 0 N–H and O–H groups in total. The summed E-state index contributed by atoms with van der Waals surface area (Å²) >= 11 is 0. The third kappa shape index (κ3) is 11.8. The Bertz CT molecular complexity index is 6890. The van der Waals surface area contributed by atoms with Crippen molar-refractivity contribution in [2.24, 2.45) is 0 Å². The van der Waals surface area contributed by atoms with E-state index in [2.05, 4.69) is 425 Å². The zero-order valence-electron chi connectivity index (χ0n) is 59.4. The first-order chi connectivity index (χ1) is 53.5. The van der Waals surface area contributed by atoms with Crippen molar-refractivity contribution in [1.29, 1.82) is 0 Å². The average Bonchev–Trinajstić information content (AvgIpc) is 0.736. The van der Waals surface area contributed by atoms with E-state index in [0.717, 1.165) is 0 Å². The fourth-order valence-corrected chi connectivity index (χ4v) is 16.8. The van der Waals surface area contributed by atoms with Crippen LogP contribution in [-0.2, 0) is 0 Å². The lowest BCUT2D eigenvalue weighted by molar-refractivity contribution is 1.57. The Kier molecular flexibility index (Phi) is 16.0. The smallest absolute Gasteiger partial charge is 0.00262 e. The molecule has 0 atom stereocenters. The van der Waals surface area contributed by atoms with Crippen molar-refractivity contribution in [3.05, 3.63) is 425 Å². The van der Waals surface area contributed by atoms with E-state index in [4.69, 9.17) is 0 Å². The summed E-state index contributed by atoms with van der Waals surface area (Å²) in [4.78, 5) is 0. The number of hydrogen-bond donors (Lipinski definition) is 0. The molecule has 0 aromatic heterocycles. The first kappa shape index (κ1) is 63.6. The van der Waals surface area contributed by atoms with Gasteiger partial charge in [0.25, 0.3) is 0 Å². The second-order valence-electron chi connectivity index (χ2n) is 28.6. The first-order valence-electron chi connectivity index (χ1n) is 37.4. The molecule has 502 valence electrons. The van der Waals surface area contributed by atoms with Crippen molar-refractivity contribution >= 4 is 97.0 Å². The molecule has 0 radical (unpaired) electrons. The fourth-order valence-electron chi connectivity index (χ4n) is 16.8. The summed E-state index contributed by atoms with van der Waals surface area (Å²) in [6, 6.07) is 156. The molecule has 0 fully saturated rings. The molecule has 0 heteroatoms. The Hall–Kier alpha value is -14.0. The molecule has 0 aliphatic heterocycles. The molecular weight excluding hydrogens is 1300 g/mol. The highest BCUT2D eigenvalue weighted by atomic mass is 14.2. The number of rotatable bonds is 10. The van der Waals surface area contributed by atoms with Crippen molar-refractivity contribution in [1.82, 2.24) is 0 Å². The Balaban J connectivity index is 0.000000144. The molecular formula is C108H70. The molecule has 21 aromatic carbocycles. The zero-order valence-corrected chi connectivity index (χ0v) is 59.4. The minimum absolute atomic E-state index is 1.21. The van der Waals surface area contributed by atoms with E-state index in [1.54, 1.807) is 0 Å². The van der Waals surface area contributed by atoms with Gasteiger partial charge < -0.3 is 0 Å². The van der Waals surface area contributed by atoms with E-state index >= 15 is 0 Å². The lowest BCUT2D eigenvalue weighted by atomic mass is 9.85. The van der Waals surface area contributed by atoms with Gasteiger partial charge in [-0.3, -0.25) is 0 Å². The van der Waals surface area contributed by atoms with Gasteiger partial charge in [-0.1, -0.05) is 364 Å². The van der Waals surface area contributed by atoms with Crippen LogP contribution in [0.1, 0.15) is 0 Å². The van der Waals surface area contributed by atoms with E-state index in [0.29, 0.717) is 0 Å². The van der Waals surface area contributed by atoms with Gasteiger partial charge in [-0.25, -0.2) is 0 Å². The highest BCUT2D eigenvalue weighted by molar-refractivity contribution is 6.23. The standard InChI is InChI=1S/C58H38.C50H32/c1-3-13-39(14-4-1)50-36-51(40-15-5-2-6-16-40)38-52(37-50)47-31-26-43-27-32-48(35-49(43)34-47)58-55-21-11-9-19-53(55)57(54-20-10-12-22-56(54)58)44-28-23-42(24-29-44)46-30-25-41-17-7-8-18-45(41)33-46;1-3-11-38-29-40(25-19-33(38)9-1)35-17-23-37(24-18-35)49-45-13-5-7-15-47(45)50(48-16-8-6-14-46(48)49)43-28-22-36-21-27-42(31-44(36)32-43)41-26-20-34-10-2-4-12-39(34)30-41/h1-38H;1-32H. The van der Waals surface area contributed by atoms with Crippen LogP contribution < -0.4 is 0 Å². The Morgan fingerprint density at radius 1 is 0.0833 bits per heavy atom. The summed E-state index contributed by atoms with van der Waals surface area (Å²) in [6.45, 7) is 0. The van der Waals surface area contributed by atoms with E-state index < -0.39 is 0 Å². The van der Waals surface area contributed by atoms with Gasteiger partial charge in [0.2, 0.25) is 0 Å². The van der Waals surface area contributed by atoms with Crippen molar-refractivity contribution < 1.29 is 0 Å². The summed E-state index contributed by atoms with van der Waals surface area (Å²) in [5, 5.41) is 22.6. The molecule has 0 heterocycles. The lowest BCUT2D eigenvalue weighted by Crippen LogP contribution is -1.91. The first-order valence-corrected chi connectivity index (χ1v) is 37.4.